The summed E-state index contributed by atoms with van der Waals surface area (Å²) in [4.78, 5) is 3.11. The number of aryl methyl sites for hydroxylation is 2. The SMILES string of the molecule is Cc1ccc(CCC2C3CC4CC(C3)CC2C4)s1. The summed E-state index contributed by atoms with van der Waals surface area (Å²) >= 11 is 2.01. The van der Waals surface area contributed by atoms with Gasteiger partial charge in [-0.05, 0) is 93.6 Å². The van der Waals surface area contributed by atoms with Gasteiger partial charge in [-0.2, -0.15) is 0 Å². The summed E-state index contributed by atoms with van der Waals surface area (Å²) in [7, 11) is 0. The van der Waals surface area contributed by atoms with Crippen molar-refractivity contribution in [3.05, 3.63) is 21.9 Å². The van der Waals surface area contributed by atoms with Gasteiger partial charge in [0.1, 0.15) is 0 Å². The van der Waals surface area contributed by atoms with Crippen LogP contribution in [0.1, 0.15) is 48.3 Å². The lowest BCUT2D eigenvalue weighted by Gasteiger charge is -2.54. The Morgan fingerprint density at radius 2 is 1.67 bits per heavy atom. The molecule has 0 spiro atoms. The third-order valence-electron chi connectivity index (χ3n) is 5.94. The van der Waals surface area contributed by atoms with Crippen LogP contribution in [0.4, 0.5) is 0 Å². The first-order valence-corrected chi connectivity index (χ1v) is 8.65. The molecule has 4 bridgehead atoms. The maximum absolute atomic E-state index is 2.36. The van der Waals surface area contributed by atoms with Crippen LogP contribution in [-0.2, 0) is 6.42 Å². The molecule has 18 heavy (non-hydrogen) atoms. The van der Waals surface area contributed by atoms with E-state index < -0.39 is 0 Å². The van der Waals surface area contributed by atoms with Crippen LogP contribution in [0, 0.1) is 36.5 Å². The monoisotopic (exact) mass is 260 g/mol. The Kier molecular flexibility index (Phi) is 2.80. The normalized spacial score (nSPS) is 41.5. The lowest BCUT2D eigenvalue weighted by atomic mass is 9.51. The molecule has 0 aromatic carbocycles. The topological polar surface area (TPSA) is 0 Å². The molecule has 0 nitrogen and oxygen atoms in total. The van der Waals surface area contributed by atoms with E-state index in [9.17, 15) is 0 Å². The second kappa shape index (κ2) is 4.37. The van der Waals surface area contributed by atoms with Crippen molar-refractivity contribution in [2.75, 3.05) is 0 Å². The maximum atomic E-state index is 2.36. The highest BCUT2D eigenvalue weighted by molar-refractivity contribution is 7.11. The molecule has 0 amide bonds. The van der Waals surface area contributed by atoms with Gasteiger partial charge in [0.25, 0.3) is 0 Å². The molecule has 4 saturated carbocycles. The quantitative estimate of drug-likeness (QED) is 0.712. The Hall–Kier alpha value is -0.300. The van der Waals surface area contributed by atoms with Crippen molar-refractivity contribution < 1.29 is 0 Å². The summed E-state index contributed by atoms with van der Waals surface area (Å²) in [5.41, 5.74) is 0. The van der Waals surface area contributed by atoms with Crippen LogP contribution in [0.3, 0.4) is 0 Å². The number of thiophene rings is 1. The zero-order chi connectivity index (χ0) is 12.1. The molecule has 0 atom stereocenters. The summed E-state index contributed by atoms with van der Waals surface area (Å²) in [5, 5.41) is 0. The molecule has 0 aliphatic heterocycles. The summed E-state index contributed by atoms with van der Waals surface area (Å²) < 4.78 is 0. The third kappa shape index (κ3) is 1.95. The first kappa shape index (κ1) is 11.5. The molecular formula is C17H24S. The Morgan fingerprint density at radius 3 is 2.22 bits per heavy atom. The third-order valence-corrected chi connectivity index (χ3v) is 7.00. The molecule has 4 aliphatic rings. The van der Waals surface area contributed by atoms with Crippen molar-refractivity contribution in [1.29, 1.82) is 0 Å². The lowest BCUT2D eigenvalue weighted by molar-refractivity contribution is -0.0393. The Morgan fingerprint density at radius 1 is 1.00 bits per heavy atom. The average molecular weight is 260 g/mol. The van der Waals surface area contributed by atoms with Crippen LogP contribution in [0.25, 0.3) is 0 Å². The van der Waals surface area contributed by atoms with Gasteiger partial charge in [0, 0.05) is 9.75 Å². The predicted octanol–water partition coefficient (Wildman–Crippen LogP) is 5.06. The van der Waals surface area contributed by atoms with Crippen molar-refractivity contribution in [3.63, 3.8) is 0 Å². The standard InChI is InChI=1S/C17H24S/c1-11-2-3-16(18-11)4-5-17-14-7-12-6-13(9-14)10-15(17)8-12/h2-3,12-15,17H,4-10H2,1H3. The minimum absolute atomic E-state index is 1.08. The highest BCUT2D eigenvalue weighted by atomic mass is 32.1. The Balaban J connectivity index is 1.43. The van der Waals surface area contributed by atoms with Gasteiger partial charge < -0.3 is 0 Å². The number of rotatable bonds is 3. The molecule has 1 aromatic rings. The molecule has 0 unspecified atom stereocenters. The largest absolute Gasteiger partial charge is 0.146 e. The summed E-state index contributed by atoms with van der Waals surface area (Å²) in [6.45, 7) is 2.23. The van der Waals surface area contributed by atoms with Crippen LogP contribution in [-0.4, -0.2) is 0 Å². The van der Waals surface area contributed by atoms with Gasteiger partial charge in [0.2, 0.25) is 0 Å². The molecule has 98 valence electrons. The molecule has 0 saturated heterocycles. The molecule has 1 heteroatoms. The molecule has 4 fully saturated rings. The van der Waals surface area contributed by atoms with E-state index in [1.54, 1.807) is 37.0 Å². The zero-order valence-corrected chi connectivity index (χ0v) is 12.2. The van der Waals surface area contributed by atoms with Crippen LogP contribution >= 0.6 is 11.3 Å². The smallest absolute Gasteiger partial charge is 0.00481 e. The average Bonchev–Trinajstić information content (AvgIpc) is 2.73. The van der Waals surface area contributed by atoms with E-state index in [4.69, 9.17) is 0 Å². The second-order valence-corrected chi connectivity index (χ2v) is 8.52. The summed E-state index contributed by atoms with van der Waals surface area (Å²) in [6, 6.07) is 4.65. The molecule has 0 radical (unpaired) electrons. The van der Waals surface area contributed by atoms with E-state index in [0.29, 0.717) is 0 Å². The highest BCUT2D eigenvalue weighted by Crippen LogP contribution is 2.57. The first-order valence-electron chi connectivity index (χ1n) is 7.83. The van der Waals surface area contributed by atoms with E-state index in [0.717, 1.165) is 29.6 Å². The van der Waals surface area contributed by atoms with Gasteiger partial charge in [-0.3, -0.25) is 0 Å². The fourth-order valence-electron chi connectivity index (χ4n) is 5.44. The molecular weight excluding hydrogens is 236 g/mol. The Bertz CT molecular complexity index is 403. The summed E-state index contributed by atoms with van der Waals surface area (Å²) in [5.74, 6) is 5.57. The van der Waals surface area contributed by atoms with E-state index in [1.165, 1.54) is 17.7 Å². The maximum Gasteiger partial charge on any atom is 0.00481 e. The Labute approximate surface area is 115 Å². The zero-order valence-electron chi connectivity index (χ0n) is 11.4. The molecule has 5 rings (SSSR count). The van der Waals surface area contributed by atoms with Gasteiger partial charge >= 0.3 is 0 Å². The molecule has 1 aromatic heterocycles. The summed E-state index contributed by atoms with van der Waals surface area (Å²) in [6.07, 6.45) is 10.8. The van der Waals surface area contributed by atoms with Gasteiger partial charge in [0.05, 0.1) is 0 Å². The van der Waals surface area contributed by atoms with Crippen LogP contribution in [0.15, 0.2) is 12.1 Å². The minimum Gasteiger partial charge on any atom is -0.146 e. The van der Waals surface area contributed by atoms with Gasteiger partial charge in [-0.25, -0.2) is 0 Å². The number of hydrogen-bond acceptors (Lipinski definition) is 1. The van der Waals surface area contributed by atoms with Gasteiger partial charge in [-0.1, -0.05) is 0 Å². The highest BCUT2D eigenvalue weighted by Gasteiger charge is 2.47. The fourth-order valence-corrected chi connectivity index (χ4v) is 6.34. The van der Waals surface area contributed by atoms with Crippen molar-refractivity contribution in [2.45, 2.75) is 51.9 Å². The van der Waals surface area contributed by atoms with Crippen LogP contribution < -0.4 is 0 Å². The minimum atomic E-state index is 1.08. The van der Waals surface area contributed by atoms with Crippen molar-refractivity contribution in [3.8, 4) is 0 Å². The van der Waals surface area contributed by atoms with Crippen LogP contribution in [0.5, 0.6) is 0 Å². The predicted molar refractivity (Wildman–Crippen MR) is 77.9 cm³/mol. The molecule has 4 aliphatic carbocycles. The fraction of sp³-hybridized carbons (Fsp3) is 0.765. The van der Waals surface area contributed by atoms with E-state index in [2.05, 4.69) is 19.1 Å². The van der Waals surface area contributed by atoms with Crippen LogP contribution in [0.2, 0.25) is 0 Å². The van der Waals surface area contributed by atoms with Crippen molar-refractivity contribution >= 4 is 11.3 Å². The van der Waals surface area contributed by atoms with E-state index >= 15 is 0 Å². The van der Waals surface area contributed by atoms with Gasteiger partial charge in [0.15, 0.2) is 0 Å². The number of hydrogen-bond donors (Lipinski definition) is 0. The second-order valence-electron chi connectivity index (χ2n) is 7.15. The van der Waals surface area contributed by atoms with Crippen molar-refractivity contribution in [1.82, 2.24) is 0 Å². The first-order chi connectivity index (χ1) is 8.78. The molecule has 1 heterocycles. The van der Waals surface area contributed by atoms with Crippen molar-refractivity contribution in [2.24, 2.45) is 29.6 Å². The van der Waals surface area contributed by atoms with E-state index in [1.807, 2.05) is 11.3 Å². The molecule has 0 N–H and O–H groups in total. The van der Waals surface area contributed by atoms with Gasteiger partial charge in [-0.15, -0.1) is 11.3 Å². The lowest BCUT2D eigenvalue weighted by Crippen LogP contribution is -2.45. The van der Waals surface area contributed by atoms with E-state index in [-0.39, 0.29) is 0 Å².